The van der Waals surface area contributed by atoms with Crippen LogP contribution in [0.25, 0.3) is 0 Å². The zero-order valence-electron chi connectivity index (χ0n) is 19.9. The highest BCUT2D eigenvalue weighted by molar-refractivity contribution is 5.10. The minimum absolute atomic E-state index is 0.0393. The molecule has 2 nitrogen and oxygen atoms in total. The maximum atomic E-state index is 11.0. The number of hydrogen-bond acceptors (Lipinski definition) is 2. The summed E-state index contributed by atoms with van der Waals surface area (Å²) in [6.45, 7) is 12.1. The number of fused-ring (bicyclic) bond motifs is 5. The van der Waals surface area contributed by atoms with Gasteiger partial charge in [-0.1, -0.05) is 34.6 Å². The monoisotopic (exact) mass is 404 g/mol. The number of rotatable bonds is 5. The molecule has 168 valence electrons. The summed E-state index contributed by atoms with van der Waals surface area (Å²) in [4.78, 5) is 0. The average molecular weight is 405 g/mol. The molecule has 4 aliphatic carbocycles. The molecule has 0 heterocycles. The van der Waals surface area contributed by atoms with Gasteiger partial charge in [-0.3, -0.25) is 0 Å². The molecule has 0 aromatic rings. The molecule has 0 bridgehead atoms. The topological polar surface area (TPSA) is 40.5 Å². The van der Waals surface area contributed by atoms with Gasteiger partial charge in [-0.05, 0) is 123 Å². The summed E-state index contributed by atoms with van der Waals surface area (Å²) in [5.41, 5.74) is 0.917. The summed E-state index contributed by atoms with van der Waals surface area (Å²) in [6.07, 6.45) is 13.5. The molecule has 29 heavy (non-hydrogen) atoms. The average Bonchev–Trinajstić information content (AvgIpc) is 3.03. The van der Waals surface area contributed by atoms with Crippen molar-refractivity contribution in [1.29, 1.82) is 0 Å². The first kappa shape index (κ1) is 22.1. The van der Waals surface area contributed by atoms with Crippen LogP contribution in [0.5, 0.6) is 0 Å². The molecule has 4 saturated carbocycles. The number of hydrogen-bond donors (Lipinski definition) is 2. The van der Waals surface area contributed by atoms with Gasteiger partial charge in [0, 0.05) is 0 Å². The molecule has 0 aliphatic heterocycles. The summed E-state index contributed by atoms with van der Waals surface area (Å²) in [5, 5.41) is 21.2. The third-order valence-electron chi connectivity index (χ3n) is 11.0. The lowest BCUT2D eigenvalue weighted by atomic mass is 9.44. The van der Waals surface area contributed by atoms with E-state index in [-0.39, 0.29) is 12.2 Å². The second-order valence-electron chi connectivity index (χ2n) is 12.7. The van der Waals surface area contributed by atoms with Crippen molar-refractivity contribution in [3.63, 3.8) is 0 Å². The molecule has 2 N–H and O–H groups in total. The van der Waals surface area contributed by atoms with Gasteiger partial charge < -0.3 is 10.2 Å². The van der Waals surface area contributed by atoms with E-state index in [9.17, 15) is 10.2 Å². The van der Waals surface area contributed by atoms with Gasteiger partial charge in [0.25, 0.3) is 0 Å². The predicted molar refractivity (Wildman–Crippen MR) is 120 cm³/mol. The summed E-state index contributed by atoms with van der Waals surface area (Å²) in [7, 11) is 0. The summed E-state index contributed by atoms with van der Waals surface area (Å²) in [5.74, 6) is 5.24. The van der Waals surface area contributed by atoms with Crippen molar-refractivity contribution >= 4 is 0 Å². The molecule has 9 unspecified atom stereocenters. The number of aliphatic hydroxyl groups is 2. The highest BCUT2D eigenvalue weighted by Crippen LogP contribution is 2.68. The lowest BCUT2D eigenvalue weighted by Gasteiger charge is -2.61. The Bertz CT molecular complexity index is 573. The maximum absolute atomic E-state index is 11.0. The van der Waals surface area contributed by atoms with Crippen LogP contribution in [0.15, 0.2) is 0 Å². The molecule has 4 rings (SSSR count). The van der Waals surface area contributed by atoms with E-state index < -0.39 is 0 Å². The molecule has 0 aromatic heterocycles. The van der Waals surface area contributed by atoms with Gasteiger partial charge in [-0.2, -0.15) is 0 Å². The van der Waals surface area contributed by atoms with Gasteiger partial charge in [-0.25, -0.2) is 0 Å². The molecule has 2 heteroatoms. The van der Waals surface area contributed by atoms with Crippen molar-refractivity contribution in [2.45, 2.75) is 117 Å². The summed E-state index contributed by atoms with van der Waals surface area (Å²) >= 11 is 0. The molecule has 4 aliphatic rings. The van der Waals surface area contributed by atoms with Crippen molar-refractivity contribution in [2.75, 3.05) is 0 Å². The van der Waals surface area contributed by atoms with E-state index in [0.29, 0.717) is 28.6 Å². The van der Waals surface area contributed by atoms with E-state index in [2.05, 4.69) is 34.6 Å². The quantitative estimate of drug-likeness (QED) is 0.553. The third-order valence-corrected chi connectivity index (χ3v) is 11.0. The van der Waals surface area contributed by atoms with E-state index in [0.717, 1.165) is 49.4 Å². The second kappa shape index (κ2) is 8.12. The molecular weight excluding hydrogens is 356 g/mol. The van der Waals surface area contributed by atoms with Crippen LogP contribution in [0.2, 0.25) is 0 Å². The fraction of sp³-hybridized carbons (Fsp3) is 1.00. The zero-order chi connectivity index (χ0) is 21.0. The van der Waals surface area contributed by atoms with Gasteiger partial charge in [0.1, 0.15) is 0 Å². The van der Waals surface area contributed by atoms with Crippen molar-refractivity contribution in [1.82, 2.24) is 0 Å². The highest BCUT2D eigenvalue weighted by Gasteiger charge is 2.60. The normalized spacial score (nSPS) is 49.2. The van der Waals surface area contributed by atoms with Gasteiger partial charge in [0.15, 0.2) is 0 Å². The summed E-state index contributed by atoms with van der Waals surface area (Å²) < 4.78 is 0. The Labute approximate surface area is 180 Å². The Hall–Kier alpha value is -0.0800. The Morgan fingerprint density at radius 2 is 1.52 bits per heavy atom. The molecule has 10 atom stereocenters. The van der Waals surface area contributed by atoms with Crippen LogP contribution in [-0.4, -0.2) is 22.4 Å². The molecule has 0 saturated heterocycles. The van der Waals surface area contributed by atoms with Crippen LogP contribution in [0.1, 0.15) is 105 Å². The zero-order valence-corrected chi connectivity index (χ0v) is 19.9. The lowest BCUT2D eigenvalue weighted by molar-refractivity contribution is -0.132. The molecular formula is C27H48O2. The van der Waals surface area contributed by atoms with Crippen LogP contribution in [-0.2, 0) is 0 Å². The number of aliphatic hydroxyl groups excluding tert-OH is 2. The highest BCUT2D eigenvalue weighted by atomic mass is 16.3. The molecule has 0 radical (unpaired) electrons. The first-order valence-corrected chi connectivity index (χ1v) is 13.0. The minimum atomic E-state index is -0.121. The van der Waals surface area contributed by atoms with Crippen molar-refractivity contribution in [2.24, 2.45) is 52.3 Å². The van der Waals surface area contributed by atoms with E-state index >= 15 is 0 Å². The van der Waals surface area contributed by atoms with E-state index in [1.54, 1.807) is 0 Å². The van der Waals surface area contributed by atoms with Gasteiger partial charge in [0.05, 0.1) is 12.2 Å². The second-order valence-corrected chi connectivity index (χ2v) is 12.7. The predicted octanol–water partition coefficient (Wildman–Crippen LogP) is 6.44. The Kier molecular flexibility index (Phi) is 6.19. The Balaban J connectivity index is 1.48. The maximum Gasteiger partial charge on any atom is 0.0568 e. The van der Waals surface area contributed by atoms with Crippen LogP contribution >= 0.6 is 0 Å². The standard InChI is InChI=1S/C27H48O2/c1-17(2)6-11-25(29)18(3)22-9-10-23-21-8-7-19-16-20(28)12-14-26(19,4)24(21)13-15-27(22,23)5/h17-25,28-29H,6-16H2,1-5H3/t18-,19?,20?,21?,22?,23?,24?,25?,26?,27?/m1/s1. The third kappa shape index (κ3) is 3.73. The molecule has 0 aromatic carbocycles. The molecule has 4 fully saturated rings. The summed E-state index contributed by atoms with van der Waals surface area (Å²) in [6, 6.07) is 0. The minimum Gasteiger partial charge on any atom is -0.393 e. The SMILES string of the molecule is CC(C)CCC(O)[C@H](C)C1CCC2C3CCC4CC(O)CCC4(C)C3CCC21C. The smallest absolute Gasteiger partial charge is 0.0568 e. The first-order chi connectivity index (χ1) is 13.7. The van der Waals surface area contributed by atoms with Gasteiger partial charge in [-0.15, -0.1) is 0 Å². The van der Waals surface area contributed by atoms with Gasteiger partial charge >= 0.3 is 0 Å². The fourth-order valence-corrected chi connectivity index (χ4v) is 9.17. The fourth-order valence-electron chi connectivity index (χ4n) is 9.17. The van der Waals surface area contributed by atoms with Crippen LogP contribution < -0.4 is 0 Å². The van der Waals surface area contributed by atoms with E-state index in [1.165, 1.54) is 44.9 Å². The van der Waals surface area contributed by atoms with Crippen LogP contribution in [0.4, 0.5) is 0 Å². The largest absolute Gasteiger partial charge is 0.393 e. The van der Waals surface area contributed by atoms with Gasteiger partial charge in [0.2, 0.25) is 0 Å². The first-order valence-electron chi connectivity index (χ1n) is 13.0. The van der Waals surface area contributed by atoms with E-state index in [1.807, 2.05) is 0 Å². The van der Waals surface area contributed by atoms with Crippen LogP contribution in [0, 0.1) is 52.3 Å². The Morgan fingerprint density at radius 3 is 2.24 bits per heavy atom. The van der Waals surface area contributed by atoms with Crippen molar-refractivity contribution in [3.05, 3.63) is 0 Å². The van der Waals surface area contributed by atoms with Crippen LogP contribution in [0.3, 0.4) is 0 Å². The van der Waals surface area contributed by atoms with E-state index in [4.69, 9.17) is 0 Å². The van der Waals surface area contributed by atoms with Crippen molar-refractivity contribution in [3.8, 4) is 0 Å². The Morgan fingerprint density at radius 1 is 0.828 bits per heavy atom. The molecule has 0 amide bonds. The lowest BCUT2D eigenvalue weighted by Crippen LogP contribution is -2.54. The van der Waals surface area contributed by atoms with Crippen molar-refractivity contribution < 1.29 is 10.2 Å². The molecule has 0 spiro atoms.